The summed E-state index contributed by atoms with van der Waals surface area (Å²) in [5, 5.41) is 6.16. The van der Waals surface area contributed by atoms with Crippen LogP contribution in [0, 0.1) is 0 Å². The molecule has 1 aliphatic rings. The van der Waals surface area contributed by atoms with Gasteiger partial charge in [-0.3, -0.25) is 4.68 Å². The second kappa shape index (κ2) is 11.8. The van der Waals surface area contributed by atoms with Crippen LogP contribution in [0.25, 0.3) is 33.5 Å². The van der Waals surface area contributed by atoms with Crippen LogP contribution < -0.4 is 9.13 Å². The topological polar surface area (TPSA) is 38.5 Å². The van der Waals surface area contributed by atoms with Crippen molar-refractivity contribution in [2.24, 2.45) is 7.05 Å². The third-order valence-electron chi connectivity index (χ3n) is 10.9. The number of aryl methyl sites for hydroxylation is 3. The van der Waals surface area contributed by atoms with Crippen LogP contribution in [-0.4, -0.2) is 14.8 Å². The summed E-state index contributed by atoms with van der Waals surface area (Å²) in [5.41, 5.74) is 9.80. The van der Waals surface area contributed by atoms with Gasteiger partial charge in [-0.05, 0) is 66.1 Å². The van der Waals surface area contributed by atoms with Crippen LogP contribution in [0.15, 0.2) is 79.3 Å². The summed E-state index contributed by atoms with van der Waals surface area (Å²) in [7, 11) is 2.07. The Morgan fingerprint density at radius 2 is 1.69 bits per heavy atom. The van der Waals surface area contributed by atoms with Gasteiger partial charge in [-0.2, -0.15) is 9.67 Å². The molecule has 1 aliphatic heterocycles. The van der Waals surface area contributed by atoms with E-state index in [1.54, 1.807) is 0 Å². The van der Waals surface area contributed by atoms with Crippen molar-refractivity contribution >= 4 is 10.9 Å². The molecular formula is C40H51N5+2. The number of fused-ring (bicyclic) bond motifs is 5. The lowest BCUT2D eigenvalue weighted by Gasteiger charge is -2.50. The first-order valence-corrected chi connectivity index (χ1v) is 17.0. The number of pyridine rings is 1. The summed E-state index contributed by atoms with van der Waals surface area (Å²) < 4.78 is 7.06. The Bertz CT molecular complexity index is 1840. The summed E-state index contributed by atoms with van der Waals surface area (Å²) in [6, 6.07) is 24.9. The predicted molar refractivity (Wildman–Crippen MR) is 184 cm³/mol. The molecule has 0 saturated carbocycles. The van der Waals surface area contributed by atoms with Gasteiger partial charge in [-0.15, -0.1) is 0 Å². The maximum atomic E-state index is 5.18. The van der Waals surface area contributed by atoms with Crippen molar-refractivity contribution in [2.75, 3.05) is 0 Å². The Hall–Kier alpha value is -3.86. The van der Waals surface area contributed by atoms with Gasteiger partial charge in [0.2, 0.25) is 5.69 Å². The lowest BCUT2D eigenvalue weighted by atomic mass is 9.58. The second-order valence-corrected chi connectivity index (χ2v) is 14.4. The van der Waals surface area contributed by atoms with Crippen LogP contribution >= 0.6 is 0 Å². The van der Waals surface area contributed by atoms with Crippen molar-refractivity contribution < 1.29 is 9.13 Å². The molecular weight excluding hydrogens is 550 g/mol. The van der Waals surface area contributed by atoms with Gasteiger partial charge in [-0.1, -0.05) is 85.2 Å². The minimum atomic E-state index is -0.170. The second-order valence-electron chi connectivity index (χ2n) is 14.4. The number of benzene rings is 2. The van der Waals surface area contributed by atoms with Gasteiger partial charge >= 0.3 is 0 Å². The number of hydrogen-bond acceptors (Lipinski definition) is 2. The minimum Gasteiger partial charge on any atom is -0.262 e. The Balaban J connectivity index is 1.50. The lowest BCUT2D eigenvalue weighted by Crippen LogP contribution is -2.70. The molecule has 5 nitrogen and oxygen atoms in total. The van der Waals surface area contributed by atoms with Gasteiger partial charge in [0.1, 0.15) is 16.9 Å². The third-order valence-corrected chi connectivity index (χ3v) is 10.9. The first-order chi connectivity index (χ1) is 21.6. The summed E-state index contributed by atoms with van der Waals surface area (Å²) in [5.74, 6) is 0. The van der Waals surface area contributed by atoms with Crippen molar-refractivity contribution in [3.63, 3.8) is 0 Å². The lowest BCUT2D eigenvalue weighted by molar-refractivity contribution is -0.783. The van der Waals surface area contributed by atoms with Gasteiger partial charge in [0.25, 0.3) is 6.33 Å². The number of nitrogens with zero attached hydrogens (tertiary/aromatic N) is 5. The van der Waals surface area contributed by atoms with Gasteiger partial charge < -0.3 is 0 Å². The van der Waals surface area contributed by atoms with Crippen LogP contribution in [-0.2, 0) is 36.4 Å². The smallest absolute Gasteiger partial charge is 0.262 e. The minimum absolute atomic E-state index is 0.00674. The number of aromatic nitrogens is 5. The molecule has 2 atom stereocenters. The average Bonchev–Trinajstić information content (AvgIpc) is 3.45. The van der Waals surface area contributed by atoms with E-state index in [0.717, 1.165) is 49.1 Å². The van der Waals surface area contributed by atoms with E-state index < -0.39 is 0 Å². The van der Waals surface area contributed by atoms with Crippen LogP contribution in [0.1, 0.15) is 97.4 Å². The highest BCUT2D eigenvalue weighted by molar-refractivity contribution is 5.92. The van der Waals surface area contributed by atoms with E-state index in [9.17, 15) is 0 Å². The van der Waals surface area contributed by atoms with Gasteiger partial charge in [-0.25, -0.2) is 4.57 Å². The zero-order valence-corrected chi connectivity index (χ0v) is 28.7. The number of unbranched alkanes of at least 4 members (excludes halogenated alkanes) is 1. The first-order valence-electron chi connectivity index (χ1n) is 17.0. The molecule has 0 aliphatic carbocycles. The zero-order chi connectivity index (χ0) is 32.0. The molecule has 2 unspecified atom stereocenters. The van der Waals surface area contributed by atoms with Crippen LogP contribution in [0.5, 0.6) is 0 Å². The molecule has 4 heterocycles. The maximum Gasteiger partial charge on any atom is 0.287 e. The van der Waals surface area contributed by atoms with E-state index in [0.29, 0.717) is 0 Å². The molecule has 0 radical (unpaired) electrons. The summed E-state index contributed by atoms with van der Waals surface area (Å²) in [4.78, 5) is 5.18. The average molecular weight is 602 g/mol. The fourth-order valence-corrected chi connectivity index (χ4v) is 7.95. The van der Waals surface area contributed by atoms with E-state index in [1.807, 2.05) is 4.68 Å². The zero-order valence-electron chi connectivity index (χ0n) is 28.7. The van der Waals surface area contributed by atoms with E-state index in [-0.39, 0.29) is 16.4 Å². The van der Waals surface area contributed by atoms with Crippen LogP contribution in [0.2, 0.25) is 0 Å². The SMILES string of the molecule is CCCCc1ccc2c3[n+](cnc2c1)C(CC)(CC[n+]1ccccc1-c1cc(C(C)(C)C)nn1C)C(C)(CC)c1ccccc1-3. The molecule has 45 heavy (non-hydrogen) atoms. The summed E-state index contributed by atoms with van der Waals surface area (Å²) in [6.45, 7) is 17.1. The van der Waals surface area contributed by atoms with Crippen molar-refractivity contribution in [3.8, 4) is 22.6 Å². The predicted octanol–water partition coefficient (Wildman–Crippen LogP) is 8.39. The van der Waals surface area contributed by atoms with Crippen molar-refractivity contribution in [2.45, 2.75) is 110 Å². The molecule has 0 spiro atoms. The fourth-order valence-electron chi connectivity index (χ4n) is 7.95. The van der Waals surface area contributed by atoms with Crippen molar-refractivity contribution in [1.29, 1.82) is 0 Å². The molecule has 0 N–H and O–H groups in total. The number of rotatable bonds is 9. The molecule has 5 heteroatoms. The molecule has 5 aromatic rings. The highest BCUT2D eigenvalue weighted by atomic mass is 15.3. The highest BCUT2D eigenvalue weighted by Gasteiger charge is 2.57. The summed E-state index contributed by atoms with van der Waals surface area (Å²) >= 11 is 0. The normalized spacial score (nSPS) is 19.5. The molecule has 2 aromatic carbocycles. The summed E-state index contributed by atoms with van der Waals surface area (Å²) in [6.07, 6.45) is 10.9. The molecule has 0 fully saturated rings. The molecule has 0 amide bonds. The van der Waals surface area contributed by atoms with E-state index >= 15 is 0 Å². The quantitative estimate of drug-likeness (QED) is 0.159. The highest BCUT2D eigenvalue weighted by Crippen LogP contribution is 2.52. The Labute approximate surface area is 270 Å². The third kappa shape index (κ3) is 5.09. The van der Waals surface area contributed by atoms with Gasteiger partial charge in [0.15, 0.2) is 18.3 Å². The first kappa shape index (κ1) is 31.1. The Morgan fingerprint density at radius 1 is 0.911 bits per heavy atom. The number of hydrogen-bond donors (Lipinski definition) is 0. The largest absolute Gasteiger partial charge is 0.287 e. The van der Waals surface area contributed by atoms with E-state index in [1.165, 1.54) is 46.3 Å². The Morgan fingerprint density at radius 3 is 2.40 bits per heavy atom. The maximum absolute atomic E-state index is 5.18. The fraction of sp³-hybridized carbons (Fsp3) is 0.450. The molecule has 3 aromatic heterocycles. The van der Waals surface area contributed by atoms with Crippen LogP contribution in [0.3, 0.4) is 0 Å². The van der Waals surface area contributed by atoms with Gasteiger partial charge in [0.05, 0.1) is 17.5 Å². The van der Waals surface area contributed by atoms with E-state index in [2.05, 4.69) is 144 Å². The Kier molecular flexibility index (Phi) is 8.18. The standard InChI is InChI=1S/C40H51N5/c1-9-12-17-29-21-22-31-33(26-29)41-28-45-37(31)30-18-13-14-19-32(30)39(7,10-2)40(45,11-3)23-25-44-24-16-15-20-34(44)35-27-36(38(4,5)6)42-43(35)8/h13-16,18-22,24,26-28H,9-12,17,23,25H2,1-8H3/q+2. The molecule has 0 saturated heterocycles. The van der Waals surface area contributed by atoms with E-state index in [4.69, 9.17) is 10.1 Å². The van der Waals surface area contributed by atoms with Crippen molar-refractivity contribution in [1.82, 2.24) is 14.8 Å². The van der Waals surface area contributed by atoms with Crippen molar-refractivity contribution in [3.05, 3.63) is 96.1 Å². The molecule has 234 valence electrons. The monoisotopic (exact) mass is 601 g/mol. The molecule has 0 bridgehead atoms. The van der Waals surface area contributed by atoms with Crippen LogP contribution in [0.4, 0.5) is 0 Å². The van der Waals surface area contributed by atoms with Gasteiger partial charge in [0, 0.05) is 35.6 Å². The molecule has 6 rings (SSSR count).